The van der Waals surface area contributed by atoms with Crippen LogP contribution in [0.2, 0.25) is 5.32 Å². The topological polar surface area (TPSA) is 12.0 Å². The van der Waals surface area contributed by atoms with Crippen molar-refractivity contribution < 1.29 is 0 Å². The van der Waals surface area contributed by atoms with Gasteiger partial charge in [0.25, 0.3) is 0 Å². The summed E-state index contributed by atoms with van der Waals surface area (Å²) < 4.78 is 0.590. The van der Waals surface area contributed by atoms with Crippen molar-refractivity contribution in [2.45, 2.75) is 28.9 Å². The average molecular weight is 266 g/mol. The van der Waals surface area contributed by atoms with Gasteiger partial charge < -0.3 is 0 Å². The Balaban J connectivity index is 2.04. The first kappa shape index (κ1) is 9.89. The van der Waals surface area contributed by atoms with E-state index < -0.39 is 0 Å². The third-order valence-electron chi connectivity index (χ3n) is 3.67. The molecule has 1 spiro atoms. The SMILES string of the molecule is c1ccc2c(c1)CC[Se]C21CCNCC1. The van der Waals surface area contributed by atoms with Crippen molar-refractivity contribution in [1.82, 2.24) is 5.32 Å². The molecule has 0 unspecified atom stereocenters. The molecule has 2 aliphatic heterocycles. The van der Waals surface area contributed by atoms with E-state index in [4.69, 9.17) is 0 Å². The minimum absolute atomic E-state index is 0.590. The van der Waals surface area contributed by atoms with Crippen molar-refractivity contribution in [2.75, 3.05) is 13.1 Å². The Morgan fingerprint density at radius 3 is 2.80 bits per heavy atom. The summed E-state index contributed by atoms with van der Waals surface area (Å²) in [6, 6.07) is 9.16. The Hall–Kier alpha value is -0.301. The van der Waals surface area contributed by atoms with Crippen LogP contribution in [0.1, 0.15) is 24.0 Å². The van der Waals surface area contributed by atoms with Crippen LogP contribution in [0.5, 0.6) is 0 Å². The maximum absolute atomic E-state index is 3.50. The molecular weight excluding hydrogens is 249 g/mol. The van der Waals surface area contributed by atoms with E-state index in [2.05, 4.69) is 29.6 Å². The zero-order valence-corrected chi connectivity index (χ0v) is 10.7. The standard InChI is InChI=1S/C13H17NSe/c1-2-4-12-11(3-1)5-10-15-13(12)6-8-14-9-7-13/h1-4,14H,5-10H2. The second-order valence-corrected chi connectivity index (χ2v) is 7.60. The Bertz CT molecular complexity index is 355. The fourth-order valence-corrected chi connectivity index (χ4v) is 6.13. The van der Waals surface area contributed by atoms with E-state index in [0.29, 0.717) is 4.31 Å². The number of piperidine rings is 1. The van der Waals surface area contributed by atoms with E-state index in [1.54, 1.807) is 11.1 Å². The molecule has 1 aromatic carbocycles. The van der Waals surface area contributed by atoms with Gasteiger partial charge in [0.2, 0.25) is 0 Å². The summed E-state index contributed by atoms with van der Waals surface area (Å²) in [6.07, 6.45) is 4.05. The molecule has 0 saturated carbocycles. The molecule has 2 heterocycles. The number of rotatable bonds is 0. The predicted molar refractivity (Wildman–Crippen MR) is 64.5 cm³/mol. The molecule has 0 radical (unpaired) electrons. The summed E-state index contributed by atoms with van der Waals surface area (Å²) in [7, 11) is 0. The van der Waals surface area contributed by atoms with Crippen molar-refractivity contribution in [3.63, 3.8) is 0 Å². The molecule has 80 valence electrons. The molecule has 3 rings (SSSR count). The first-order chi connectivity index (χ1) is 7.41. The van der Waals surface area contributed by atoms with Gasteiger partial charge in [-0.05, 0) is 0 Å². The van der Waals surface area contributed by atoms with Gasteiger partial charge in [-0.3, -0.25) is 0 Å². The Kier molecular flexibility index (Phi) is 2.59. The number of aryl methyl sites for hydroxylation is 1. The van der Waals surface area contributed by atoms with Gasteiger partial charge in [0.05, 0.1) is 0 Å². The fraction of sp³-hybridized carbons (Fsp3) is 0.538. The van der Waals surface area contributed by atoms with E-state index >= 15 is 0 Å². The molecule has 1 fully saturated rings. The molecule has 2 heteroatoms. The van der Waals surface area contributed by atoms with Crippen LogP contribution in [0.25, 0.3) is 0 Å². The van der Waals surface area contributed by atoms with Crippen LogP contribution >= 0.6 is 0 Å². The molecule has 1 saturated heterocycles. The first-order valence-corrected chi connectivity index (χ1v) is 7.91. The van der Waals surface area contributed by atoms with Gasteiger partial charge in [-0.25, -0.2) is 0 Å². The van der Waals surface area contributed by atoms with Gasteiger partial charge in [0.1, 0.15) is 0 Å². The van der Waals surface area contributed by atoms with Gasteiger partial charge in [0.15, 0.2) is 0 Å². The monoisotopic (exact) mass is 267 g/mol. The van der Waals surface area contributed by atoms with Gasteiger partial charge in [-0.2, -0.15) is 0 Å². The van der Waals surface area contributed by atoms with E-state index in [0.717, 1.165) is 15.0 Å². The minimum atomic E-state index is 0.590. The maximum atomic E-state index is 3.50. The van der Waals surface area contributed by atoms with E-state index in [1.807, 2.05) is 0 Å². The van der Waals surface area contributed by atoms with Crippen LogP contribution in [0.15, 0.2) is 24.3 Å². The molecule has 0 atom stereocenters. The summed E-state index contributed by atoms with van der Waals surface area (Å²) in [6.45, 7) is 2.44. The third-order valence-corrected chi connectivity index (χ3v) is 7.00. The number of fused-ring (bicyclic) bond motifs is 2. The summed E-state index contributed by atoms with van der Waals surface area (Å²) in [5, 5.41) is 4.95. The van der Waals surface area contributed by atoms with Crippen LogP contribution in [0.3, 0.4) is 0 Å². The number of hydrogen-bond donors (Lipinski definition) is 1. The molecule has 1 nitrogen and oxygen atoms in total. The fourth-order valence-electron chi connectivity index (χ4n) is 2.86. The summed E-state index contributed by atoms with van der Waals surface area (Å²) in [5.41, 5.74) is 3.32. The van der Waals surface area contributed by atoms with Crippen molar-refractivity contribution in [3.8, 4) is 0 Å². The van der Waals surface area contributed by atoms with Crippen molar-refractivity contribution in [2.24, 2.45) is 0 Å². The van der Waals surface area contributed by atoms with Crippen LogP contribution in [0.4, 0.5) is 0 Å². The van der Waals surface area contributed by atoms with Gasteiger partial charge in [-0.1, -0.05) is 0 Å². The second kappa shape index (κ2) is 3.93. The van der Waals surface area contributed by atoms with Crippen molar-refractivity contribution in [3.05, 3.63) is 35.4 Å². The summed E-state index contributed by atoms with van der Waals surface area (Å²) >= 11 is 0.823. The van der Waals surface area contributed by atoms with E-state index in [9.17, 15) is 0 Å². The summed E-state index contributed by atoms with van der Waals surface area (Å²) in [4.78, 5) is 0. The third kappa shape index (κ3) is 1.65. The molecule has 0 bridgehead atoms. The quantitative estimate of drug-likeness (QED) is 0.708. The molecule has 1 N–H and O–H groups in total. The molecule has 1 aromatic rings. The second-order valence-electron chi connectivity index (χ2n) is 4.50. The molecule has 2 aliphatic rings. The number of nitrogens with one attached hydrogen (secondary N) is 1. The molecule has 0 aromatic heterocycles. The van der Waals surface area contributed by atoms with E-state index in [1.165, 1.54) is 37.7 Å². The van der Waals surface area contributed by atoms with Crippen molar-refractivity contribution >= 4 is 15.0 Å². The van der Waals surface area contributed by atoms with Gasteiger partial charge in [0, 0.05) is 0 Å². The molecule has 0 amide bonds. The normalized spacial score (nSPS) is 23.7. The van der Waals surface area contributed by atoms with Crippen LogP contribution in [0, 0.1) is 0 Å². The average Bonchev–Trinajstić information content (AvgIpc) is 2.31. The zero-order chi connectivity index (χ0) is 10.1. The van der Waals surface area contributed by atoms with Gasteiger partial charge >= 0.3 is 97.7 Å². The Morgan fingerprint density at radius 1 is 1.13 bits per heavy atom. The van der Waals surface area contributed by atoms with Crippen LogP contribution in [-0.4, -0.2) is 28.0 Å². The molecular formula is C13H17NSe. The zero-order valence-electron chi connectivity index (χ0n) is 8.96. The number of hydrogen-bond acceptors (Lipinski definition) is 1. The van der Waals surface area contributed by atoms with Crippen molar-refractivity contribution in [1.29, 1.82) is 0 Å². The van der Waals surface area contributed by atoms with Crippen LogP contribution in [-0.2, 0) is 10.7 Å². The van der Waals surface area contributed by atoms with E-state index in [-0.39, 0.29) is 0 Å². The summed E-state index contributed by atoms with van der Waals surface area (Å²) in [5.74, 6) is 0. The Labute approximate surface area is 97.8 Å². The predicted octanol–water partition coefficient (Wildman–Crippen LogP) is 1.94. The van der Waals surface area contributed by atoms with Gasteiger partial charge in [-0.15, -0.1) is 0 Å². The molecule has 0 aliphatic carbocycles. The Morgan fingerprint density at radius 2 is 1.93 bits per heavy atom. The molecule has 15 heavy (non-hydrogen) atoms. The first-order valence-electron chi connectivity index (χ1n) is 5.84. The number of benzene rings is 1. The van der Waals surface area contributed by atoms with Crippen LogP contribution < -0.4 is 5.32 Å².